The van der Waals surface area contributed by atoms with Crippen LogP contribution in [0.5, 0.6) is 0 Å². The number of benzene rings is 1. The largest absolute Gasteiger partial charge is 0.469 e. The van der Waals surface area contributed by atoms with Gasteiger partial charge in [-0.2, -0.15) is 0 Å². The van der Waals surface area contributed by atoms with E-state index in [0.29, 0.717) is 24.3 Å². The van der Waals surface area contributed by atoms with Gasteiger partial charge < -0.3 is 9.73 Å². The smallest absolute Gasteiger partial charge is 0.133 e. The zero-order valence-electron chi connectivity index (χ0n) is 11.0. The molecule has 0 saturated carbocycles. The van der Waals surface area contributed by atoms with Crippen molar-refractivity contribution in [2.24, 2.45) is 0 Å². The van der Waals surface area contributed by atoms with E-state index in [1.54, 1.807) is 25.3 Å². The highest BCUT2D eigenvalue weighted by molar-refractivity contribution is 5.30. The summed E-state index contributed by atoms with van der Waals surface area (Å²) in [6, 6.07) is 5.89. The second-order valence-electron chi connectivity index (χ2n) is 4.49. The Morgan fingerprint density at radius 2 is 2.05 bits per heavy atom. The van der Waals surface area contributed by atoms with Gasteiger partial charge in [0.25, 0.3) is 0 Å². The third-order valence-corrected chi connectivity index (χ3v) is 3.10. The monoisotopic (exact) mass is 265 g/mol. The van der Waals surface area contributed by atoms with E-state index < -0.39 is 17.7 Å². The van der Waals surface area contributed by atoms with Crippen molar-refractivity contribution in [1.82, 2.24) is 5.32 Å². The molecule has 0 bridgehead atoms. The molecule has 1 atom stereocenters. The molecule has 4 heteroatoms. The van der Waals surface area contributed by atoms with Crippen LogP contribution in [0.4, 0.5) is 8.78 Å². The van der Waals surface area contributed by atoms with Crippen LogP contribution in [-0.2, 0) is 6.42 Å². The summed E-state index contributed by atoms with van der Waals surface area (Å²) in [5, 5.41) is 3.11. The Labute approximate surface area is 111 Å². The number of likely N-dealkylation sites (N-methyl/N-ethyl adjacent to an activating group) is 1. The number of nitrogens with one attached hydrogen (secondary N) is 1. The molecule has 2 nitrogen and oxygen atoms in total. The maximum absolute atomic E-state index is 14.2. The summed E-state index contributed by atoms with van der Waals surface area (Å²) in [4.78, 5) is 0. The Hall–Kier alpha value is -1.68. The quantitative estimate of drug-likeness (QED) is 0.890. The standard InChI is InChI=1S/C15H17F2NO/c1-3-18-13(9-11-5-4-8-19-11)14-12(16)7-6-10(2)15(14)17/h4-8,13,18H,3,9H2,1-2H3. The second-order valence-corrected chi connectivity index (χ2v) is 4.49. The highest BCUT2D eigenvalue weighted by atomic mass is 19.1. The third kappa shape index (κ3) is 3.01. The number of furan rings is 1. The molecule has 0 fully saturated rings. The van der Waals surface area contributed by atoms with Gasteiger partial charge in [0, 0.05) is 18.0 Å². The van der Waals surface area contributed by atoms with E-state index in [0.717, 1.165) is 0 Å². The third-order valence-electron chi connectivity index (χ3n) is 3.10. The maximum Gasteiger partial charge on any atom is 0.133 e. The van der Waals surface area contributed by atoms with Gasteiger partial charge in [0.05, 0.1) is 6.26 Å². The zero-order chi connectivity index (χ0) is 13.8. The van der Waals surface area contributed by atoms with Crippen LogP contribution in [0, 0.1) is 18.6 Å². The summed E-state index contributed by atoms with van der Waals surface area (Å²) in [5.74, 6) is -0.315. The van der Waals surface area contributed by atoms with Crippen LogP contribution >= 0.6 is 0 Å². The molecule has 1 unspecified atom stereocenters. The highest BCUT2D eigenvalue weighted by Gasteiger charge is 2.22. The van der Waals surface area contributed by atoms with Gasteiger partial charge in [-0.25, -0.2) is 8.78 Å². The normalized spacial score (nSPS) is 12.6. The van der Waals surface area contributed by atoms with Gasteiger partial charge in [-0.15, -0.1) is 0 Å². The van der Waals surface area contributed by atoms with Crippen molar-refractivity contribution >= 4 is 0 Å². The van der Waals surface area contributed by atoms with E-state index in [2.05, 4.69) is 5.32 Å². The van der Waals surface area contributed by atoms with Crippen molar-refractivity contribution in [1.29, 1.82) is 0 Å². The number of aryl methyl sites for hydroxylation is 1. The first-order chi connectivity index (χ1) is 9.13. The lowest BCUT2D eigenvalue weighted by Crippen LogP contribution is -2.25. The summed E-state index contributed by atoms with van der Waals surface area (Å²) < 4.78 is 33.3. The Balaban J connectivity index is 2.36. The predicted molar refractivity (Wildman–Crippen MR) is 69.9 cm³/mol. The minimum atomic E-state index is -0.527. The highest BCUT2D eigenvalue weighted by Crippen LogP contribution is 2.26. The second kappa shape index (κ2) is 5.97. The molecule has 1 aromatic heterocycles. The lowest BCUT2D eigenvalue weighted by Gasteiger charge is -2.19. The average Bonchev–Trinajstić information content (AvgIpc) is 2.87. The van der Waals surface area contributed by atoms with Gasteiger partial charge >= 0.3 is 0 Å². The van der Waals surface area contributed by atoms with Gasteiger partial charge in [0.15, 0.2) is 0 Å². The summed E-state index contributed by atoms with van der Waals surface area (Å²) in [6.07, 6.45) is 1.97. The maximum atomic E-state index is 14.2. The summed E-state index contributed by atoms with van der Waals surface area (Å²) >= 11 is 0. The van der Waals surface area contributed by atoms with Crippen LogP contribution < -0.4 is 5.32 Å². The van der Waals surface area contributed by atoms with Crippen LogP contribution in [0.15, 0.2) is 34.9 Å². The van der Waals surface area contributed by atoms with Gasteiger partial charge in [0.2, 0.25) is 0 Å². The molecule has 0 spiro atoms. The van der Waals surface area contributed by atoms with E-state index in [4.69, 9.17) is 4.42 Å². The molecule has 1 heterocycles. The molecular formula is C15H17F2NO. The van der Waals surface area contributed by atoms with Gasteiger partial charge in [0.1, 0.15) is 17.4 Å². The molecule has 102 valence electrons. The number of rotatable bonds is 5. The first-order valence-electron chi connectivity index (χ1n) is 6.33. The van der Waals surface area contributed by atoms with Gasteiger partial charge in [-0.05, 0) is 37.2 Å². The van der Waals surface area contributed by atoms with E-state index in [1.807, 2.05) is 6.92 Å². The number of hydrogen-bond donors (Lipinski definition) is 1. The van der Waals surface area contributed by atoms with Crippen LogP contribution in [-0.4, -0.2) is 6.54 Å². The SMILES string of the molecule is CCNC(Cc1ccco1)c1c(F)ccc(C)c1F. The first kappa shape index (κ1) is 13.7. The molecule has 19 heavy (non-hydrogen) atoms. The molecular weight excluding hydrogens is 248 g/mol. The average molecular weight is 265 g/mol. The van der Waals surface area contributed by atoms with Crippen LogP contribution in [0.1, 0.15) is 29.9 Å². The lowest BCUT2D eigenvalue weighted by atomic mass is 9.99. The van der Waals surface area contributed by atoms with Crippen molar-refractivity contribution in [3.63, 3.8) is 0 Å². The van der Waals surface area contributed by atoms with Crippen LogP contribution in [0.25, 0.3) is 0 Å². The molecule has 2 aromatic rings. The lowest BCUT2D eigenvalue weighted by molar-refractivity contribution is 0.427. The Morgan fingerprint density at radius 1 is 1.26 bits per heavy atom. The molecule has 0 aliphatic rings. The number of hydrogen-bond acceptors (Lipinski definition) is 2. The molecule has 2 rings (SSSR count). The Kier molecular flexibility index (Phi) is 4.32. The summed E-state index contributed by atoms with van der Waals surface area (Å²) in [5.41, 5.74) is 0.525. The molecule has 0 aliphatic heterocycles. The molecule has 0 saturated heterocycles. The van der Waals surface area contributed by atoms with E-state index in [1.165, 1.54) is 12.1 Å². The van der Waals surface area contributed by atoms with Crippen LogP contribution in [0.3, 0.4) is 0 Å². The summed E-state index contributed by atoms with van der Waals surface area (Å²) in [7, 11) is 0. The first-order valence-corrected chi connectivity index (χ1v) is 6.33. The molecule has 1 N–H and O–H groups in total. The predicted octanol–water partition coefficient (Wildman–Crippen LogP) is 3.76. The topological polar surface area (TPSA) is 25.2 Å². The zero-order valence-corrected chi connectivity index (χ0v) is 11.0. The molecule has 0 amide bonds. The van der Waals surface area contributed by atoms with Gasteiger partial charge in [-0.1, -0.05) is 13.0 Å². The molecule has 1 aromatic carbocycles. The van der Waals surface area contributed by atoms with Crippen molar-refractivity contribution in [3.05, 3.63) is 59.1 Å². The minimum absolute atomic E-state index is 0.0817. The van der Waals surface area contributed by atoms with E-state index in [-0.39, 0.29) is 5.56 Å². The molecule has 0 radical (unpaired) electrons. The Bertz CT molecular complexity index is 537. The van der Waals surface area contributed by atoms with E-state index >= 15 is 0 Å². The fraction of sp³-hybridized carbons (Fsp3) is 0.333. The fourth-order valence-electron chi connectivity index (χ4n) is 2.15. The Morgan fingerprint density at radius 3 is 2.68 bits per heavy atom. The number of halogens is 2. The van der Waals surface area contributed by atoms with E-state index in [9.17, 15) is 8.78 Å². The minimum Gasteiger partial charge on any atom is -0.469 e. The van der Waals surface area contributed by atoms with Crippen molar-refractivity contribution in [2.75, 3.05) is 6.54 Å². The molecule has 0 aliphatic carbocycles. The fourth-order valence-corrected chi connectivity index (χ4v) is 2.15. The van der Waals surface area contributed by atoms with Crippen molar-refractivity contribution < 1.29 is 13.2 Å². The van der Waals surface area contributed by atoms with Crippen molar-refractivity contribution in [2.45, 2.75) is 26.3 Å². The van der Waals surface area contributed by atoms with Crippen LogP contribution in [0.2, 0.25) is 0 Å². The summed E-state index contributed by atoms with van der Waals surface area (Å²) in [6.45, 7) is 4.16. The van der Waals surface area contributed by atoms with Gasteiger partial charge in [-0.3, -0.25) is 0 Å². The van der Waals surface area contributed by atoms with Crippen molar-refractivity contribution in [3.8, 4) is 0 Å².